The maximum absolute atomic E-state index is 11.2. The Morgan fingerprint density at radius 3 is 2.61 bits per heavy atom. The first-order chi connectivity index (χ1) is 13.5. The molecule has 1 aliphatic rings. The second-order valence-corrected chi connectivity index (χ2v) is 8.45. The molecule has 1 aromatic carbocycles. The van der Waals surface area contributed by atoms with Crippen LogP contribution in [-0.4, -0.2) is 34.4 Å². The van der Waals surface area contributed by atoms with Crippen LogP contribution in [0.5, 0.6) is 0 Å². The molecule has 1 amide bonds. The number of carbonyl (C=O) groups is 1. The Morgan fingerprint density at radius 1 is 1.18 bits per heavy atom. The fourth-order valence-corrected chi connectivity index (χ4v) is 4.66. The van der Waals surface area contributed by atoms with Crippen molar-refractivity contribution in [2.45, 2.75) is 52.4 Å². The molecular weight excluding hydrogens is 346 g/mol. The number of H-pyrrole nitrogens is 1. The number of nitrogens with zero attached hydrogens (tertiary/aromatic N) is 2. The van der Waals surface area contributed by atoms with Crippen molar-refractivity contribution in [3.8, 4) is 11.3 Å². The third kappa shape index (κ3) is 3.44. The van der Waals surface area contributed by atoms with Gasteiger partial charge < -0.3 is 9.88 Å². The molecule has 0 aliphatic carbocycles. The summed E-state index contributed by atoms with van der Waals surface area (Å²) in [5, 5.41) is 1.30. The van der Waals surface area contributed by atoms with Gasteiger partial charge in [-0.05, 0) is 68.0 Å². The van der Waals surface area contributed by atoms with Crippen LogP contribution in [0, 0.1) is 13.8 Å². The maximum atomic E-state index is 11.2. The predicted molar refractivity (Wildman–Crippen MR) is 115 cm³/mol. The molecule has 0 spiro atoms. The van der Waals surface area contributed by atoms with Crippen molar-refractivity contribution >= 4 is 17.3 Å². The van der Waals surface area contributed by atoms with Gasteiger partial charge in [0.2, 0.25) is 6.41 Å². The highest BCUT2D eigenvalue weighted by Gasteiger charge is 2.22. The van der Waals surface area contributed by atoms with E-state index in [1.807, 2.05) is 18.7 Å². The highest BCUT2D eigenvalue weighted by molar-refractivity contribution is 5.92. The minimum atomic E-state index is 0.408. The highest BCUT2D eigenvalue weighted by Crippen LogP contribution is 2.38. The Balaban J connectivity index is 1.82. The average Bonchev–Trinajstić information content (AvgIpc) is 3.06. The van der Waals surface area contributed by atoms with Gasteiger partial charge in [0.25, 0.3) is 0 Å². The van der Waals surface area contributed by atoms with E-state index in [0.717, 1.165) is 43.7 Å². The third-order valence-corrected chi connectivity index (χ3v) is 5.88. The fraction of sp³-hybridized carbons (Fsp3) is 0.417. The molecule has 0 saturated carbocycles. The van der Waals surface area contributed by atoms with Crippen LogP contribution in [-0.2, 0) is 4.79 Å². The number of piperidine rings is 1. The molecule has 0 bridgehead atoms. The summed E-state index contributed by atoms with van der Waals surface area (Å²) in [6.07, 6.45) is 3.21. The van der Waals surface area contributed by atoms with Crippen LogP contribution >= 0.6 is 0 Å². The SMILES string of the molecule is Cc1cc(-c2[nH]c3ccc(C4CCCN(C=O)C4)cc3c2C(C)C)cc(C)n1. The Hall–Kier alpha value is -2.62. The van der Waals surface area contributed by atoms with Crippen molar-refractivity contribution in [1.82, 2.24) is 14.9 Å². The topological polar surface area (TPSA) is 49.0 Å². The van der Waals surface area contributed by atoms with Crippen molar-refractivity contribution in [3.63, 3.8) is 0 Å². The first-order valence-electron chi connectivity index (χ1n) is 10.3. The molecule has 146 valence electrons. The second-order valence-electron chi connectivity index (χ2n) is 8.45. The minimum Gasteiger partial charge on any atom is -0.354 e. The molecule has 2 aromatic heterocycles. The lowest BCUT2D eigenvalue weighted by Gasteiger charge is -2.30. The molecule has 3 heterocycles. The van der Waals surface area contributed by atoms with Gasteiger partial charge in [-0.2, -0.15) is 0 Å². The summed E-state index contributed by atoms with van der Waals surface area (Å²) in [6.45, 7) is 10.3. The first kappa shape index (κ1) is 18.7. The van der Waals surface area contributed by atoms with Crippen LogP contribution in [0.1, 0.15) is 61.0 Å². The van der Waals surface area contributed by atoms with Gasteiger partial charge in [0.05, 0.1) is 5.69 Å². The normalized spacial score (nSPS) is 17.5. The van der Waals surface area contributed by atoms with Crippen molar-refractivity contribution in [1.29, 1.82) is 0 Å². The van der Waals surface area contributed by atoms with Gasteiger partial charge in [0, 0.05) is 46.9 Å². The van der Waals surface area contributed by atoms with E-state index in [4.69, 9.17) is 0 Å². The molecule has 3 aromatic rings. The number of rotatable bonds is 4. The van der Waals surface area contributed by atoms with Crippen LogP contribution in [0.4, 0.5) is 0 Å². The summed E-state index contributed by atoms with van der Waals surface area (Å²) in [4.78, 5) is 21.3. The Bertz CT molecular complexity index is 998. The molecule has 4 rings (SSSR count). The third-order valence-electron chi connectivity index (χ3n) is 5.88. The van der Waals surface area contributed by atoms with Gasteiger partial charge in [-0.25, -0.2) is 0 Å². The van der Waals surface area contributed by atoms with E-state index in [2.05, 4.69) is 54.1 Å². The quantitative estimate of drug-likeness (QED) is 0.629. The van der Waals surface area contributed by atoms with E-state index < -0.39 is 0 Å². The standard InChI is InChI=1S/C24H29N3O/c1-15(2)23-21-12-18(19-6-5-9-27(13-19)14-28)7-8-22(21)26-24(23)20-10-16(3)25-17(4)11-20/h7-8,10-12,14-15,19,26H,5-6,9,13H2,1-4H3. The zero-order valence-corrected chi connectivity index (χ0v) is 17.2. The summed E-state index contributed by atoms with van der Waals surface area (Å²) in [5.41, 5.74) is 8.38. The average molecular weight is 376 g/mol. The molecule has 1 saturated heterocycles. The summed E-state index contributed by atoms with van der Waals surface area (Å²) < 4.78 is 0. The number of benzene rings is 1. The van der Waals surface area contributed by atoms with Crippen molar-refractivity contribution < 1.29 is 4.79 Å². The molecule has 1 N–H and O–H groups in total. The van der Waals surface area contributed by atoms with E-state index in [1.165, 1.54) is 33.3 Å². The van der Waals surface area contributed by atoms with E-state index in [-0.39, 0.29) is 0 Å². The molecule has 4 heteroatoms. The lowest BCUT2D eigenvalue weighted by Crippen LogP contribution is -2.33. The van der Waals surface area contributed by atoms with Crippen molar-refractivity contribution in [3.05, 3.63) is 52.8 Å². The number of nitrogens with one attached hydrogen (secondary N) is 1. The summed E-state index contributed by atoms with van der Waals surface area (Å²) in [5.74, 6) is 0.831. The van der Waals surface area contributed by atoms with Crippen molar-refractivity contribution in [2.24, 2.45) is 0 Å². The van der Waals surface area contributed by atoms with Crippen LogP contribution in [0.25, 0.3) is 22.2 Å². The number of pyridine rings is 1. The monoisotopic (exact) mass is 375 g/mol. The van der Waals surface area contributed by atoms with Gasteiger partial charge in [-0.3, -0.25) is 9.78 Å². The number of aryl methyl sites for hydroxylation is 2. The lowest BCUT2D eigenvalue weighted by molar-refractivity contribution is -0.119. The van der Waals surface area contributed by atoms with Crippen LogP contribution < -0.4 is 0 Å². The van der Waals surface area contributed by atoms with E-state index in [9.17, 15) is 4.79 Å². The van der Waals surface area contributed by atoms with Gasteiger partial charge in [0.15, 0.2) is 0 Å². The molecular formula is C24H29N3O. The number of aromatic amines is 1. The van der Waals surface area contributed by atoms with Crippen LogP contribution in [0.2, 0.25) is 0 Å². The maximum Gasteiger partial charge on any atom is 0.209 e. The largest absolute Gasteiger partial charge is 0.354 e. The summed E-state index contributed by atoms with van der Waals surface area (Å²) in [7, 11) is 0. The molecule has 4 nitrogen and oxygen atoms in total. The molecule has 1 unspecified atom stereocenters. The number of amides is 1. The van der Waals surface area contributed by atoms with E-state index >= 15 is 0 Å². The number of fused-ring (bicyclic) bond motifs is 1. The number of aromatic nitrogens is 2. The van der Waals surface area contributed by atoms with Gasteiger partial charge >= 0.3 is 0 Å². The van der Waals surface area contributed by atoms with Gasteiger partial charge in [0.1, 0.15) is 0 Å². The number of hydrogen-bond donors (Lipinski definition) is 1. The molecule has 1 aliphatic heterocycles. The highest BCUT2D eigenvalue weighted by atomic mass is 16.1. The first-order valence-corrected chi connectivity index (χ1v) is 10.3. The van der Waals surface area contributed by atoms with E-state index in [0.29, 0.717) is 11.8 Å². The summed E-state index contributed by atoms with van der Waals surface area (Å²) in [6, 6.07) is 11.1. The summed E-state index contributed by atoms with van der Waals surface area (Å²) >= 11 is 0. The zero-order chi connectivity index (χ0) is 19.8. The van der Waals surface area contributed by atoms with Gasteiger partial charge in [-0.1, -0.05) is 19.9 Å². The number of likely N-dealkylation sites (tertiary alicyclic amines) is 1. The lowest BCUT2D eigenvalue weighted by atomic mass is 9.88. The molecule has 1 fully saturated rings. The smallest absolute Gasteiger partial charge is 0.209 e. The molecule has 1 atom stereocenters. The van der Waals surface area contributed by atoms with Crippen LogP contribution in [0.15, 0.2) is 30.3 Å². The van der Waals surface area contributed by atoms with Crippen LogP contribution in [0.3, 0.4) is 0 Å². The predicted octanol–water partition coefficient (Wildman–Crippen LogP) is 5.31. The van der Waals surface area contributed by atoms with Gasteiger partial charge in [-0.15, -0.1) is 0 Å². The Labute approximate surface area is 167 Å². The number of carbonyl (C=O) groups excluding carboxylic acids is 1. The minimum absolute atomic E-state index is 0.408. The molecule has 28 heavy (non-hydrogen) atoms. The fourth-order valence-electron chi connectivity index (χ4n) is 4.66. The van der Waals surface area contributed by atoms with Crippen molar-refractivity contribution in [2.75, 3.05) is 13.1 Å². The zero-order valence-electron chi connectivity index (χ0n) is 17.2. The van der Waals surface area contributed by atoms with E-state index in [1.54, 1.807) is 0 Å². The Kier molecular flexibility index (Phi) is 4.96. The molecule has 0 radical (unpaired) electrons. The second kappa shape index (κ2) is 7.42. The number of hydrogen-bond acceptors (Lipinski definition) is 2. The Morgan fingerprint density at radius 2 is 1.93 bits per heavy atom.